The van der Waals surface area contributed by atoms with E-state index in [9.17, 15) is 4.79 Å². The lowest BCUT2D eigenvalue weighted by Crippen LogP contribution is -2.43. The van der Waals surface area contributed by atoms with Crippen LogP contribution in [0.4, 0.5) is 5.69 Å². The second kappa shape index (κ2) is 9.99. The molecule has 24 heavy (non-hydrogen) atoms. The number of hydrogen-bond acceptors (Lipinski definition) is 4. The van der Waals surface area contributed by atoms with Crippen molar-refractivity contribution in [3.8, 4) is 0 Å². The predicted molar refractivity (Wildman–Crippen MR) is 103 cm³/mol. The van der Waals surface area contributed by atoms with Crippen molar-refractivity contribution in [2.24, 2.45) is 11.7 Å². The molecule has 0 spiro atoms. The van der Waals surface area contributed by atoms with Crippen LogP contribution in [0.2, 0.25) is 0 Å². The highest BCUT2D eigenvalue weighted by Crippen LogP contribution is 2.15. The highest BCUT2D eigenvalue weighted by atomic mass is 35.5. The zero-order valence-electron chi connectivity index (χ0n) is 15.0. The van der Waals surface area contributed by atoms with Crippen molar-refractivity contribution in [1.82, 2.24) is 9.80 Å². The van der Waals surface area contributed by atoms with Crippen LogP contribution in [0.15, 0.2) is 24.3 Å². The number of hydrogen-bond donors (Lipinski definition) is 2. The zero-order valence-corrected chi connectivity index (χ0v) is 15.8. The number of carbonyl (C=O) groups is 1. The minimum absolute atomic E-state index is 0. The first kappa shape index (κ1) is 20.9. The normalized spacial score (nSPS) is 18.5. The molecule has 1 aromatic rings. The van der Waals surface area contributed by atoms with Gasteiger partial charge in [-0.05, 0) is 30.7 Å². The Morgan fingerprint density at radius 1 is 1.29 bits per heavy atom. The molecule has 1 amide bonds. The van der Waals surface area contributed by atoms with Gasteiger partial charge in [-0.25, -0.2) is 0 Å². The standard InChI is InChI=1S/C18H30N4O.ClH/c1-4-14(2)17(19)18(23)20-16-7-5-6-15(12-16)13-22-10-8-21(3)9-11-22;/h5-7,12,14,17H,4,8-11,13,19H2,1-3H3,(H,20,23);1H. The molecule has 1 fully saturated rings. The number of nitrogens with zero attached hydrogens (tertiary/aromatic N) is 2. The molecule has 5 nitrogen and oxygen atoms in total. The third-order valence-electron chi connectivity index (χ3n) is 4.76. The molecule has 1 aliphatic heterocycles. The molecule has 1 aromatic carbocycles. The van der Waals surface area contributed by atoms with Gasteiger partial charge in [-0.1, -0.05) is 32.4 Å². The number of halogens is 1. The van der Waals surface area contributed by atoms with Gasteiger partial charge in [-0.15, -0.1) is 12.4 Å². The maximum atomic E-state index is 12.2. The van der Waals surface area contributed by atoms with E-state index in [0.29, 0.717) is 0 Å². The van der Waals surface area contributed by atoms with Gasteiger partial charge in [0, 0.05) is 38.4 Å². The molecule has 2 atom stereocenters. The summed E-state index contributed by atoms with van der Waals surface area (Å²) in [5.74, 6) is 0.0830. The number of rotatable bonds is 6. The average Bonchev–Trinajstić information content (AvgIpc) is 2.56. The largest absolute Gasteiger partial charge is 0.325 e. The summed E-state index contributed by atoms with van der Waals surface area (Å²) in [6, 6.07) is 7.63. The summed E-state index contributed by atoms with van der Waals surface area (Å²) in [5.41, 5.74) is 8.05. The van der Waals surface area contributed by atoms with Crippen LogP contribution >= 0.6 is 12.4 Å². The minimum atomic E-state index is -0.457. The number of amides is 1. The van der Waals surface area contributed by atoms with Gasteiger partial charge in [0.1, 0.15) is 0 Å². The van der Waals surface area contributed by atoms with Gasteiger partial charge in [0.25, 0.3) is 0 Å². The molecule has 0 saturated carbocycles. The highest BCUT2D eigenvalue weighted by Gasteiger charge is 2.19. The van der Waals surface area contributed by atoms with Crippen LogP contribution in [0.25, 0.3) is 0 Å². The molecule has 0 aliphatic carbocycles. The first-order chi connectivity index (χ1) is 11.0. The lowest BCUT2D eigenvalue weighted by molar-refractivity contribution is -0.118. The lowest BCUT2D eigenvalue weighted by Gasteiger charge is -2.32. The van der Waals surface area contributed by atoms with Gasteiger partial charge < -0.3 is 16.0 Å². The van der Waals surface area contributed by atoms with Crippen molar-refractivity contribution in [3.05, 3.63) is 29.8 Å². The molecule has 0 bridgehead atoms. The van der Waals surface area contributed by atoms with E-state index in [0.717, 1.165) is 44.8 Å². The fourth-order valence-corrected chi connectivity index (χ4v) is 2.75. The molecule has 6 heteroatoms. The van der Waals surface area contributed by atoms with E-state index in [1.807, 2.05) is 19.1 Å². The van der Waals surface area contributed by atoms with Gasteiger partial charge in [0.2, 0.25) is 5.91 Å². The zero-order chi connectivity index (χ0) is 16.8. The Kier molecular flexibility index (Phi) is 8.70. The number of carbonyl (C=O) groups excluding carboxylic acids is 1. The van der Waals surface area contributed by atoms with Gasteiger partial charge in [0.05, 0.1) is 6.04 Å². The minimum Gasteiger partial charge on any atom is -0.325 e. The topological polar surface area (TPSA) is 61.6 Å². The predicted octanol–water partition coefficient (Wildman–Crippen LogP) is 2.17. The van der Waals surface area contributed by atoms with Crippen LogP contribution < -0.4 is 11.1 Å². The maximum Gasteiger partial charge on any atom is 0.241 e. The monoisotopic (exact) mass is 354 g/mol. The van der Waals surface area contributed by atoms with Gasteiger partial charge in [-0.3, -0.25) is 9.69 Å². The van der Waals surface area contributed by atoms with Crippen molar-refractivity contribution in [2.45, 2.75) is 32.9 Å². The molecular formula is C18H31ClN4O. The second-order valence-corrected chi connectivity index (χ2v) is 6.68. The maximum absolute atomic E-state index is 12.2. The van der Waals surface area contributed by atoms with Crippen LogP contribution in [0.3, 0.4) is 0 Å². The number of likely N-dealkylation sites (N-methyl/N-ethyl adjacent to an activating group) is 1. The van der Waals surface area contributed by atoms with Crippen LogP contribution in [-0.4, -0.2) is 55.0 Å². The summed E-state index contributed by atoms with van der Waals surface area (Å²) in [6.45, 7) is 9.38. The number of piperazine rings is 1. The Morgan fingerprint density at radius 3 is 2.58 bits per heavy atom. The third-order valence-corrected chi connectivity index (χ3v) is 4.76. The number of nitrogens with two attached hydrogens (primary N) is 1. The summed E-state index contributed by atoms with van der Waals surface area (Å²) in [5, 5.41) is 2.95. The van der Waals surface area contributed by atoms with Crippen LogP contribution in [0, 0.1) is 5.92 Å². The second-order valence-electron chi connectivity index (χ2n) is 6.68. The van der Waals surface area contributed by atoms with Crippen LogP contribution in [0.1, 0.15) is 25.8 Å². The quantitative estimate of drug-likeness (QED) is 0.821. The molecule has 2 unspecified atom stereocenters. The van der Waals surface area contributed by atoms with E-state index >= 15 is 0 Å². The molecule has 0 aromatic heterocycles. The number of benzene rings is 1. The van der Waals surface area contributed by atoms with Crippen molar-refractivity contribution in [3.63, 3.8) is 0 Å². The van der Waals surface area contributed by atoms with E-state index in [4.69, 9.17) is 5.73 Å². The van der Waals surface area contributed by atoms with Crippen molar-refractivity contribution >= 4 is 24.0 Å². The van der Waals surface area contributed by atoms with Gasteiger partial charge in [-0.2, -0.15) is 0 Å². The molecule has 1 aliphatic rings. The lowest BCUT2D eigenvalue weighted by atomic mass is 9.99. The van der Waals surface area contributed by atoms with E-state index in [1.165, 1.54) is 5.56 Å². The smallest absolute Gasteiger partial charge is 0.241 e. The van der Waals surface area contributed by atoms with E-state index in [2.05, 4.69) is 41.2 Å². The Hall–Kier alpha value is -1.14. The summed E-state index contributed by atoms with van der Waals surface area (Å²) in [4.78, 5) is 17.0. The fourth-order valence-electron chi connectivity index (χ4n) is 2.75. The molecule has 0 radical (unpaired) electrons. The SMILES string of the molecule is CCC(C)C(N)C(=O)Nc1cccc(CN2CCN(C)CC2)c1.Cl. The average molecular weight is 355 g/mol. The van der Waals surface area contributed by atoms with Crippen molar-refractivity contribution in [1.29, 1.82) is 0 Å². The Morgan fingerprint density at radius 2 is 1.96 bits per heavy atom. The van der Waals surface area contributed by atoms with Gasteiger partial charge in [0.15, 0.2) is 0 Å². The van der Waals surface area contributed by atoms with Crippen LogP contribution in [-0.2, 0) is 11.3 Å². The van der Waals surface area contributed by atoms with Crippen molar-refractivity contribution < 1.29 is 4.79 Å². The Bertz CT molecular complexity index is 517. The molecule has 1 heterocycles. The number of anilines is 1. The van der Waals surface area contributed by atoms with E-state index in [1.54, 1.807) is 0 Å². The summed E-state index contributed by atoms with van der Waals surface area (Å²) < 4.78 is 0. The van der Waals surface area contributed by atoms with E-state index < -0.39 is 6.04 Å². The van der Waals surface area contributed by atoms with Crippen LogP contribution in [0.5, 0.6) is 0 Å². The third kappa shape index (κ3) is 6.06. The summed E-state index contributed by atoms with van der Waals surface area (Å²) in [6.07, 6.45) is 0.901. The molecule has 136 valence electrons. The molecular weight excluding hydrogens is 324 g/mol. The highest BCUT2D eigenvalue weighted by molar-refractivity contribution is 5.94. The molecule has 1 saturated heterocycles. The molecule has 3 N–H and O–H groups in total. The Balaban J connectivity index is 0.00000288. The molecule has 2 rings (SSSR count). The Labute approximate surface area is 152 Å². The number of nitrogens with one attached hydrogen (secondary N) is 1. The summed E-state index contributed by atoms with van der Waals surface area (Å²) >= 11 is 0. The van der Waals surface area contributed by atoms with E-state index in [-0.39, 0.29) is 24.2 Å². The fraction of sp³-hybridized carbons (Fsp3) is 0.611. The first-order valence-corrected chi connectivity index (χ1v) is 8.56. The van der Waals surface area contributed by atoms with Gasteiger partial charge >= 0.3 is 0 Å². The summed E-state index contributed by atoms with van der Waals surface area (Å²) in [7, 11) is 2.16. The first-order valence-electron chi connectivity index (χ1n) is 8.56. The van der Waals surface area contributed by atoms with Crippen molar-refractivity contribution in [2.75, 3.05) is 38.5 Å².